The smallest absolute Gasteiger partial charge is 0.211 e. The van der Waals surface area contributed by atoms with Crippen molar-refractivity contribution in [3.63, 3.8) is 0 Å². The summed E-state index contributed by atoms with van der Waals surface area (Å²) in [6, 6.07) is 35.0. The molecule has 1 N–H and O–H groups in total. The molecule has 1 heteroatoms. The van der Waals surface area contributed by atoms with Gasteiger partial charge in [-0.25, -0.2) is 4.98 Å². The Labute approximate surface area is 162 Å². The normalized spacial score (nSPS) is 11.6. The van der Waals surface area contributed by atoms with E-state index in [9.17, 15) is 0 Å². The van der Waals surface area contributed by atoms with E-state index >= 15 is 0 Å². The molecular formula is C27H18N+. The fraction of sp³-hybridized carbons (Fsp3) is 0. The average Bonchev–Trinajstić information content (AvgIpc) is 2.78. The lowest BCUT2D eigenvalue weighted by molar-refractivity contribution is -0.362. The number of hydrogen-bond donors (Lipinski definition) is 0. The average molecular weight is 356 g/mol. The molecule has 0 fully saturated rings. The predicted octanol–water partition coefficient (Wildman–Crippen LogP) is 6.78. The van der Waals surface area contributed by atoms with Crippen molar-refractivity contribution in [3.8, 4) is 11.3 Å². The fourth-order valence-corrected chi connectivity index (χ4v) is 4.39. The zero-order valence-electron chi connectivity index (χ0n) is 15.3. The Hall–Kier alpha value is -3.71. The van der Waals surface area contributed by atoms with Gasteiger partial charge in [0.05, 0.1) is 5.39 Å². The monoisotopic (exact) mass is 356 g/mol. The lowest BCUT2D eigenvalue weighted by atomic mass is 9.96. The molecule has 0 aliphatic rings. The van der Waals surface area contributed by atoms with Gasteiger partial charge in [0.25, 0.3) is 0 Å². The Morgan fingerprint density at radius 3 is 1.86 bits per heavy atom. The summed E-state index contributed by atoms with van der Waals surface area (Å²) in [4.78, 5) is 3.49. The molecule has 0 amide bonds. The van der Waals surface area contributed by atoms with Gasteiger partial charge < -0.3 is 0 Å². The van der Waals surface area contributed by atoms with Crippen molar-refractivity contribution in [2.75, 3.05) is 0 Å². The zero-order valence-corrected chi connectivity index (χ0v) is 15.3. The molecule has 28 heavy (non-hydrogen) atoms. The van der Waals surface area contributed by atoms with Crippen LogP contribution in [0.5, 0.6) is 0 Å². The Bertz CT molecular complexity index is 1510. The van der Waals surface area contributed by atoms with Crippen LogP contribution in [0.15, 0.2) is 103 Å². The van der Waals surface area contributed by atoms with Gasteiger partial charge in [0.2, 0.25) is 5.69 Å². The van der Waals surface area contributed by atoms with Gasteiger partial charge in [0.15, 0.2) is 6.20 Å². The minimum Gasteiger partial charge on any atom is -0.211 e. The quantitative estimate of drug-likeness (QED) is 0.288. The van der Waals surface area contributed by atoms with E-state index in [0.717, 1.165) is 0 Å². The van der Waals surface area contributed by atoms with Crippen molar-refractivity contribution < 1.29 is 4.98 Å². The van der Waals surface area contributed by atoms with Crippen molar-refractivity contribution in [2.24, 2.45) is 0 Å². The van der Waals surface area contributed by atoms with Crippen molar-refractivity contribution in [2.45, 2.75) is 0 Å². The summed E-state index contributed by atoms with van der Waals surface area (Å²) in [5, 5.41) is 10.3. The minimum absolute atomic E-state index is 1.17. The van der Waals surface area contributed by atoms with Crippen molar-refractivity contribution in [1.29, 1.82) is 0 Å². The molecule has 6 rings (SSSR count). The van der Waals surface area contributed by atoms with E-state index in [0.29, 0.717) is 0 Å². The number of hydrogen-bond acceptors (Lipinski definition) is 0. The summed E-state index contributed by atoms with van der Waals surface area (Å²) in [7, 11) is 0. The van der Waals surface area contributed by atoms with Gasteiger partial charge in [-0.2, -0.15) is 0 Å². The SMILES string of the molecule is c1ccc2c(c1)ccc1cc(-c3[nH+]ccc4c3ccc3ccccc34)ccc12. The molecule has 0 saturated carbocycles. The molecule has 1 aromatic heterocycles. The summed E-state index contributed by atoms with van der Waals surface area (Å²) >= 11 is 0. The van der Waals surface area contributed by atoms with E-state index in [2.05, 4.69) is 108 Å². The van der Waals surface area contributed by atoms with Crippen LogP contribution in [0.2, 0.25) is 0 Å². The van der Waals surface area contributed by atoms with Crippen LogP contribution < -0.4 is 4.98 Å². The Kier molecular flexibility index (Phi) is 3.24. The van der Waals surface area contributed by atoms with Crippen LogP contribution in [0.25, 0.3) is 54.3 Å². The first-order valence-electron chi connectivity index (χ1n) is 9.62. The summed E-state index contributed by atoms with van der Waals surface area (Å²) in [6.45, 7) is 0. The van der Waals surface area contributed by atoms with E-state index in [1.54, 1.807) is 0 Å². The summed E-state index contributed by atoms with van der Waals surface area (Å²) in [6.07, 6.45) is 2.05. The lowest BCUT2D eigenvalue weighted by Crippen LogP contribution is -2.06. The highest BCUT2D eigenvalue weighted by molar-refractivity contribution is 6.12. The Morgan fingerprint density at radius 1 is 0.429 bits per heavy atom. The molecule has 5 aromatic carbocycles. The number of rotatable bonds is 1. The van der Waals surface area contributed by atoms with Crippen LogP contribution in [0, 0.1) is 0 Å². The number of H-pyrrole nitrogens is 1. The standard InChI is InChI=1S/C27H17N/c1-3-7-22-18(5-1)9-10-20-17-21(12-13-24(20)22)27-26-14-11-19-6-2-4-8-23(19)25(26)15-16-28-27/h1-17H/p+1. The van der Waals surface area contributed by atoms with Crippen LogP contribution in [-0.4, -0.2) is 0 Å². The third-order valence-electron chi connectivity index (χ3n) is 5.75. The molecule has 0 atom stereocenters. The molecule has 1 heterocycles. The largest absolute Gasteiger partial charge is 0.218 e. The predicted molar refractivity (Wildman–Crippen MR) is 118 cm³/mol. The van der Waals surface area contributed by atoms with E-state index < -0.39 is 0 Å². The molecule has 0 unspecified atom stereocenters. The van der Waals surface area contributed by atoms with Crippen LogP contribution >= 0.6 is 0 Å². The van der Waals surface area contributed by atoms with Crippen molar-refractivity contribution in [3.05, 3.63) is 103 Å². The number of aromatic nitrogens is 1. The second kappa shape index (κ2) is 5.90. The van der Waals surface area contributed by atoms with E-state index in [1.807, 2.05) is 0 Å². The zero-order chi connectivity index (χ0) is 18.5. The highest BCUT2D eigenvalue weighted by Gasteiger charge is 2.13. The first-order chi connectivity index (χ1) is 13.9. The molecule has 0 aliphatic carbocycles. The molecule has 1 nitrogen and oxygen atoms in total. The van der Waals surface area contributed by atoms with E-state index in [-0.39, 0.29) is 0 Å². The lowest BCUT2D eigenvalue weighted by Gasteiger charge is -2.07. The first kappa shape index (κ1) is 15.4. The first-order valence-corrected chi connectivity index (χ1v) is 9.62. The van der Waals surface area contributed by atoms with Gasteiger partial charge in [-0.05, 0) is 50.5 Å². The molecule has 0 saturated heterocycles. The maximum Gasteiger partial charge on any atom is 0.218 e. The third kappa shape index (κ3) is 2.23. The third-order valence-corrected chi connectivity index (χ3v) is 5.75. The summed E-state index contributed by atoms with van der Waals surface area (Å²) in [5.41, 5.74) is 2.38. The van der Waals surface area contributed by atoms with Crippen LogP contribution in [0.1, 0.15) is 0 Å². The number of benzene rings is 5. The molecule has 6 aromatic rings. The van der Waals surface area contributed by atoms with Crippen LogP contribution in [-0.2, 0) is 0 Å². The van der Waals surface area contributed by atoms with E-state index in [1.165, 1.54) is 54.3 Å². The van der Waals surface area contributed by atoms with Gasteiger partial charge in [-0.15, -0.1) is 0 Å². The van der Waals surface area contributed by atoms with Gasteiger partial charge in [0.1, 0.15) is 0 Å². The highest BCUT2D eigenvalue weighted by atomic mass is 14.7. The summed E-state index contributed by atoms with van der Waals surface area (Å²) in [5.74, 6) is 0. The highest BCUT2D eigenvalue weighted by Crippen LogP contribution is 2.33. The van der Waals surface area contributed by atoms with Gasteiger partial charge in [-0.3, -0.25) is 0 Å². The van der Waals surface area contributed by atoms with Crippen LogP contribution in [0.4, 0.5) is 0 Å². The van der Waals surface area contributed by atoms with E-state index in [4.69, 9.17) is 0 Å². The van der Waals surface area contributed by atoms with Crippen molar-refractivity contribution >= 4 is 43.1 Å². The summed E-state index contributed by atoms with van der Waals surface area (Å²) < 4.78 is 0. The van der Waals surface area contributed by atoms with Gasteiger partial charge in [0, 0.05) is 17.0 Å². The van der Waals surface area contributed by atoms with Crippen LogP contribution in [0.3, 0.4) is 0 Å². The molecule has 0 radical (unpaired) electrons. The molecule has 0 bridgehead atoms. The molecular weight excluding hydrogens is 338 g/mol. The minimum atomic E-state index is 1.17. The number of pyridine rings is 1. The fourth-order valence-electron chi connectivity index (χ4n) is 4.39. The number of aromatic amines is 1. The number of nitrogens with one attached hydrogen (secondary N) is 1. The Morgan fingerprint density at radius 2 is 1.04 bits per heavy atom. The molecule has 130 valence electrons. The van der Waals surface area contributed by atoms with Gasteiger partial charge in [-0.1, -0.05) is 72.8 Å². The second-order valence-corrected chi connectivity index (χ2v) is 7.32. The maximum absolute atomic E-state index is 3.49. The molecule has 0 aliphatic heterocycles. The van der Waals surface area contributed by atoms with Gasteiger partial charge >= 0.3 is 0 Å². The Balaban J connectivity index is 1.63. The van der Waals surface area contributed by atoms with Crippen molar-refractivity contribution in [1.82, 2.24) is 0 Å². The maximum atomic E-state index is 3.49. The molecule has 0 spiro atoms. The second-order valence-electron chi connectivity index (χ2n) is 7.32. The topological polar surface area (TPSA) is 14.1 Å². The number of fused-ring (bicyclic) bond motifs is 6.